The van der Waals surface area contributed by atoms with E-state index in [0.29, 0.717) is 0 Å². The summed E-state index contributed by atoms with van der Waals surface area (Å²) in [5.41, 5.74) is 5.03. The minimum atomic E-state index is 0.0497. The molecule has 90 valence electrons. The van der Waals surface area contributed by atoms with E-state index in [-0.39, 0.29) is 6.04 Å². The molecule has 1 atom stereocenters. The lowest BCUT2D eigenvalue weighted by Gasteiger charge is -2.13. The van der Waals surface area contributed by atoms with Gasteiger partial charge in [-0.2, -0.15) is 0 Å². The third-order valence-electron chi connectivity index (χ3n) is 2.71. The van der Waals surface area contributed by atoms with E-state index < -0.39 is 0 Å². The van der Waals surface area contributed by atoms with Crippen LogP contribution in [0.4, 0.5) is 0 Å². The molecule has 0 spiro atoms. The molecule has 17 heavy (non-hydrogen) atoms. The van der Waals surface area contributed by atoms with E-state index in [2.05, 4.69) is 5.43 Å². The van der Waals surface area contributed by atoms with E-state index in [0.717, 1.165) is 22.8 Å². The molecule has 1 unspecified atom stereocenters. The van der Waals surface area contributed by atoms with Gasteiger partial charge in [0.15, 0.2) is 0 Å². The van der Waals surface area contributed by atoms with Gasteiger partial charge >= 0.3 is 0 Å². The molecule has 0 bridgehead atoms. The number of hydrogen-bond donors (Lipinski definition) is 2. The molecule has 0 saturated heterocycles. The number of benzene rings is 1. The summed E-state index contributed by atoms with van der Waals surface area (Å²) in [5, 5.41) is 0.741. The molecule has 0 aliphatic carbocycles. The standard InChI is InChI=1S/C13H15ClN2O/c1-9-6-11(8-17-9)13(16-15)7-10-2-4-12(14)5-3-10/h2-6,8,13,16H,7,15H2,1H3. The first-order chi connectivity index (χ1) is 8.19. The Morgan fingerprint density at radius 3 is 2.59 bits per heavy atom. The van der Waals surface area contributed by atoms with Crippen LogP contribution in [0.5, 0.6) is 0 Å². The second kappa shape index (κ2) is 5.36. The van der Waals surface area contributed by atoms with Crippen LogP contribution in [0.3, 0.4) is 0 Å². The molecule has 0 amide bonds. The zero-order chi connectivity index (χ0) is 12.3. The summed E-state index contributed by atoms with van der Waals surface area (Å²) >= 11 is 5.85. The fraction of sp³-hybridized carbons (Fsp3) is 0.231. The SMILES string of the molecule is Cc1cc(C(Cc2ccc(Cl)cc2)NN)co1. The van der Waals surface area contributed by atoms with Crippen molar-refractivity contribution in [1.29, 1.82) is 0 Å². The highest BCUT2D eigenvalue weighted by molar-refractivity contribution is 6.30. The van der Waals surface area contributed by atoms with Gasteiger partial charge in [0.25, 0.3) is 0 Å². The molecule has 1 aromatic heterocycles. The predicted octanol–water partition coefficient (Wildman–Crippen LogP) is 2.99. The first kappa shape index (κ1) is 12.2. The van der Waals surface area contributed by atoms with Crippen molar-refractivity contribution in [3.05, 3.63) is 58.5 Å². The molecular weight excluding hydrogens is 236 g/mol. The largest absolute Gasteiger partial charge is 0.469 e. The number of hydrogen-bond acceptors (Lipinski definition) is 3. The minimum absolute atomic E-state index is 0.0497. The molecule has 0 fully saturated rings. The van der Waals surface area contributed by atoms with Gasteiger partial charge in [-0.25, -0.2) is 0 Å². The van der Waals surface area contributed by atoms with Crippen molar-refractivity contribution in [3.8, 4) is 0 Å². The van der Waals surface area contributed by atoms with Crippen LogP contribution in [0, 0.1) is 6.92 Å². The maximum atomic E-state index is 5.85. The van der Waals surface area contributed by atoms with Crippen LogP contribution < -0.4 is 11.3 Å². The Morgan fingerprint density at radius 1 is 1.35 bits per heavy atom. The lowest BCUT2D eigenvalue weighted by Crippen LogP contribution is -2.29. The average Bonchev–Trinajstić information content (AvgIpc) is 2.75. The van der Waals surface area contributed by atoms with Gasteiger partial charge in [-0.05, 0) is 37.1 Å². The fourth-order valence-corrected chi connectivity index (χ4v) is 1.90. The molecule has 1 aromatic carbocycles. The zero-order valence-corrected chi connectivity index (χ0v) is 10.4. The van der Waals surface area contributed by atoms with Crippen molar-refractivity contribution < 1.29 is 4.42 Å². The van der Waals surface area contributed by atoms with Crippen molar-refractivity contribution in [3.63, 3.8) is 0 Å². The summed E-state index contributed by atoms with van der Waals surface area (Å²) in [6.07, 6.45) is 2.53. The van der Waals surface area contributed by atoms with Gasteiger partial charge < -0.3 is 4.42 Å². The third-order valence-corrected chi connectivity index (χ3v) is 2.96. The molecule has 0 aliphatic rings. The van der Waals surface area contributed by atoms with E-state index in [9.17, 15) is 0 Å². The molecule has 0 aliphatic heterocycles. The van der Waals surface area contributed by atoms with Crippen molar-refractivity contribution in [2.24, 2.45) is 5.84 Å². The Bertz CT molecular complexity index is 478. The molecule has 4 heteroatoms. The van der Waals surface area contributed by atoms with E-state index in [1.165, 1.54) is 5.56 Å². The molecule has 3 nitrogen and oxygen atoms in total. The smallest absolute Gasteiger partial charge is 0.101 e. The van der Waals surface area contributed by atoms with Crippen LogP contribution in [0.1, 0.15) is 22.9 Å². The molecule has 0 radical (unpaired) electrons. The van der Waals surface area contributed by atoms with Crippen LogP contribution in [0.2, 0.25) is 5.02 Å². The van der Waals surface area contributed by atoms with Crippen LogP contribution in [0.15, 0.2) is 41.0 Å². The summed E-state index contributed by atoms with van der Waals surface area (Å²) in [5.74, 6) is 6.46. The van der Waals surface area contributed by atoms with Crippen molar-refractivity contribution in [2.45, 2.75) is 19.4 Å². The number of nitrogens with two attached hydrogens (primary N) is 1. The lowest BCUT2D eigenvalue weighted by molar-refractivity contribution is 0.511. The first-order valence-electron chi connectivity index (χ1n) is 5.44. The van der Waals surface area contributed by atoms with E-state index in [4.69, 9.17) is 21.9 Å². The fourth-order valence-electron chi connectivity index (χ4n) is 1.78. The van der Waals surface area contributed by atoms with E-state index in [1.807, 2.05) is 37.3 Å². The number of aryl methyl sites for hydroxylation is 1. The Labute approximate surface area is 106 Å². The second-order valence-corrected chi connectivity index (χ2v) is 4.48. The van der Waals surface area contributed by atoms with Gasteiger partial charge in [0, 0.05) is 10.6 Å². The Kier molecular flexibility index (Phi) is 3.84. The Morgan fingerprint density at radius 2 is 2.06 bits per heavy atom. The van der Waals surface area contributed by atoms with Crippen molar-refractivity contribution in [1.82, 2.24) is 5.43 Å². The lowest BCUT2D eigenvalue weighted by atomic mass is 10.0. The van der Waals surface area contributed by atoms with Crippen LogP contribution in [-0.4, -0.2) is 0 Å². The number of halogens is 1. The number of furan rings is 1. The Balaban J connectivity index is 2.12. The second-order valence-electron chi connectivity index (χ2n) is 4.04. The molecule has 2 aromatic rings. The van der Waals surface area contributed by atoms with Crippen LogP contribution in [0.25, 0.3) is 0 Å². The van der Waals surface area contributed by atoms with Gasteiger partial charge in [-0.3, -0.25) is 11.3 Å². The van der Waals surface area contributed by atoms with Crippen molar-refractivity contribution >= 4 is 11.6 Å². The topological polar surface area (TPSA) is 51.2 Å². The molecule has 3 N–H and O–H groups in total. The molecule has 2 rings (SSSR count). The molecular formula is C13H15ClN2O. The van der Waals surface area contributed by atoms with E-state index in [1.54, 1.807) is 6.26 Å². The highest BCUT2D eigenvalue weighted by Crippen LogP contribution is 2.21. The maximum absolute atomic E-state index is 5.85. The normalized spacial score (nSPS) is 12.6. The van der Waals surface area contributed by atoms with Gasteiger partial charge in [0.2, 0.25) is 0 Å². The maximum Gasteiger partial charge on any atom is 0.101 e. The van der Waals surface area contributed by atoms with Crippen molar-refractivity contribution in [2.75, 3.05) is 0 Å². The third kappa shape index (κ3) is 3.09. The summed E-state index contributed by atoms with van der Waals surface area (Å²) in [7, 11) is 0. The number of hydrazine groups is 1. The average molecular weight is 251 g/mol. The number of nitrogens with one attached hydrogen (secondary N) is 1. The van der Waals surface area contributed by atoms with Crippen LogP contribution in [-0.2, 0) is 6.42 Å². The monoisotopic (exact) mass is 250 g/mol. The van der Waals surface area contributed by atoms with Gasteiger partial charge in [-0.1, -0.05) is 23.7 Å². The summed E-state index contributed by atoms with van der Waals surface area (Å²) in [6.45, 7) is 1.92. The molecule has 0 saturated carbocycles. The predicted molar refractivity (Wildman–Crippen MR) is 68.7 cm³/mol. The highest BCUT2D eigenvalue weighted by atomic mass is 35.5. The zero-order valence-electron chi connectivity index (χ0n) is 9.61. The summed E-state index contributed by atoms with van der Waals surface area (Å²) in [4.78, 5) is 0. The van der Waals surface area contributed by atoms with E-state index >= 15 is 0 Å². The van der Waals surface area contributed by atoms with Crippen LogP contribution >= 0.6 is 11.6 Å². The first-order valence-corrected chi connectivity index (χ1v) is 5.82. The minimum Gasteiger partial charge on any atom is -0.469 e. The highest BCUT2D eigenvalue weighted by Gasteiger charge is 2.12. The van der Waals surface area contributed by atoms with Gasteiger partial charge in [-0.15, -0.1) is 0 Å². The molecule has 1 heterocycles. The summed E-state index contributed by atoms with van der Waals surface area (Å²) in [6, 6.07) is 9.80. The Hall–Kier alpha value is -1.29. The van der Waals surface area contributed by atoms with Gasteiger partial charge in [0.05, 0.1) is 12.3 Å². The van der Waals surface area contributed by atoms with Gasteiger partial charge in [0.1, 0.15) is 5.76 Å². The number of rotatable bonds is 4. The quantitative estimate of drug-likeness (QED) is 0.648. The summed E-state index contributed by atoms with van der Waals surface area (Å²) < 4.78 is 5.29.